The van der Waals surface area contributed by atoms with E-state index in [2.05, 4.69) is 5.32 Å². The van der Waals surface area contributed by atoms with Crippen LogP contribution in [-0.4, -0.2) is 44.7 Å². The van der Waals surface area contributed by atoms with Crippen LogP contribution in [0.4, 0.5) is 5.69 Å². The van der Waals surface area contributed by atoms with Crippen LogP contribution in [0.25, 0.3) is 0 Å². The maximum atomic E-state index is 12.2. The number of ether oxygens (including phenoxy) is 2. The Kier molecular flexibility index (Phi) is 7.11. The normalized spacial score (nSPS) is 10.2. The molecule has 5 nitrogen and oxygen atoms in total. The van der Waals surface area contributed by atoms with Gasteiger partial charge in [0.1, 0.15) is 12.4 Å². The molecule has 0 heterocycles. The number of anilines is 1. The molecular formula is C19H24N2O3. The lowest BCUT2D eigenvalue weighted by atomic mass is 10.2. The fraction of sp³-hybridized carbons (Fsp3) is 0.316. The smallest absolute Gasteiger partial charge is 0.241 e. The van der Waals surface area contributed by atoms with Crippen molar-refractivity contribution in [3.8, 4) is 5.75 Å². The number of benzene rings is 2. The van der Waals surface area contributed by atoms with Gasteiger partial charge in [-0.05, 0) is 29.8 Å². The molecule has 2 aromatic rings. The van der Waals surface area contributed by atoms with Gasteiger partial charge in [0, 0.05) is 26.4 Å². The summed E-state index contributed by atoms with van der Waals surface area (Å²) in [7, 11) is 3.45. The van der Waals surface area contributed by atoms with E-state index in [1.165, 1.54) is 0 Å². The lowest BCUT2D eigenvalue weighted by Crippen LogP contribution is -2.31. The highest BCUT2D eigenvalue weighted by Gasteiger charge is 2.08. The van der Waals surface area contributed by atoms with Crippen LogP contribution in [0.2, 0.25) is 0 Å². The maximum Gasteiger partial charge on any atom is 0.241 e. The Bertz CT molecular complexity index is 614. The number of likely N-dealkylation sites (N-methyl/N-ethyl adjacent to an activating group) is 1. The third-order valence-electron chi connectivity index (χ3n) is 3.54. The van der Waals surface area contributed by atoms with Crippen molar-refractivity contribution >= 4 is 11.6 Å². The van der Waals surface area contributed by atoms with Crippen molar-refractivity contribution in [3.05, 3.63) is 60.2 Å². The van der Waals surface area contributed by atoms with Crippen LogP contribution in [0.1, 0.15) is 5.56 Å². The van der Waals surface area contributed by atoms with E-state index in [1.807, 2.05) is 61.6 Å². The zero-order valence-electron chi connectivity index (χ0n) is 14.2. The van der Waals surface area contributed by atoms with Gasteiger partial charge in [-0.2, -0.15) is 0 Å². The largest absolute Gasteiger partial charge is 0.491 e. The van der Waals surface area contributed by atoms with Gasteiger partial charge in [-0.15, -0.1) is 0 Å². The second-order valence-corrected chi connectivity index (χ2v) is 5.45. The van der Waals surface area contributed by atoms with E-state index < -0.39 is 0 Å². The zero-order chi connectivity index (χ0) is 17.2. The quantitative estimate of drug-likeness (QED) is 0.719. The molecule has 0 aliphatic rings. The first-order chi connectivity index (χ1) is 11.7. The highest BCUT2D eigenvalue weighted by atomic mass is 16.5. The van der Waals surface area contributed by atoms with Gasteiger partial charge >= 0.3 is 0 Å². The number of hydrogen-bond donors (Lipinski definition) is 1. The minimum Gasteiger partial charge on any atom is -0.491 e. The Labute approximate surface area is 143 Å². The minimum atomic E-state index is 0.0410. The summed E-state index contributed by atoms with van der Waals surface area (Å²) in [4.78, 5) is 13.9. The van der Waals surface area contributed by atoms with Crippen molar-refractivity contribution in [1.82, 2.24) is 4.90 Å². The molecule has 24 heavy (non-hydrogen) atoms. The Morgan fingerprint density at radius 1 is 1.04 bits per heavy atom. The predicted octanol–water partition coefficient (Wildman–Crippen LogP) is 2.78. The SMILES string of the molecule is COCCOc1ccc(NCC(=O)N(C)Cc2ccccc2)cc1. The highest BCUT2D eigenvalue weighted by molar-refractivity contribution is 5.80. The van der Waals surface area contributed by atoms with Crippen molar-refractivity contribution in [1.29, 1.82) is 0 Å². The number of amides is 1. The summed E-state index contributed by atoms with van der Waals surface area (Å²) in [6, 6.07) is 17.5. The summed E-state index contributed by atoms with van der Waals surface area (Å²) < 4.78 is 10.4. The molecular weight excluding hydrogens is 304 g/mol. The fourth-order valence-corrected chi connectivity index (χ4v) is 2.17. The van der Waals surface area contributed by atoms with Gasteiger partial charge in [0.15, 0.2) is 0 Å². The van der Waals surface area contributed by atoms with Gasteiger partial charge in [-0.3, -0.25) is 4.79 Å². The number of carbonyl (C=O) groups excluding carboxylic acids is 1. The molecule has 2 aromatic carbocycles. The molecule has 1 amide bonds. The van der Waals surface area contributed by atoms with Gasteiger partial charge in [-0.1, -0.05) is 30.3 Å². The Balaban J connectivity index is 1.76. The molecule has 0 fully saturated rings. The molecule has 128 valence electrons. The summed E-state index contributed by atoms with van der Waals surface area (Å²) in [5.41, 5.74) is 2.00. The Morgan fingerprint density at radius 2 is 1.75 bits per heavy atom. The molecule has 0 aromatic heterocycles. The Hall–Kier alpha value is -2.53. The molecule has 0 aliphatic heterocycles. The number of nitrogens with zero attached hydrogens (tertiary/aromatic N) is 1. The zero-order valence-corrected chi connectivity index (χ0v) is 14.2. The third kappa shape index (κ3) is 5.93. The third-order valence-corrected chi connectivity index (χ3v) is 3.54. The van der Waals surface area contributed by atoms with Crippen LogP contribution in [0.5, 0.6) is 5.75 Å². The predicted molar refractivity (Wildman–Crippen MR) is 95.2 cm³/mol. The lowest BCUT2D eigenvalue weighted by molar-refractivity contribution is -0.128. The van der Waals surface area contributed by atoms with E-state index in [-0.39, 0.29) is 12.5 Å². The highest BCUT2D eigenvalue weighted by Crippen LogP contribution is 2.15. The summed E-state index contributed by atoms with van der Waals surface area (Å²) in [6.45, 7) is 1.94. The summed E-state index contributed by atoms with van der Waals surface area (Å²) in [5, 5.41) is 3.13. The van der Waals surface area contributed by atoms with E-state index in [9.17, 15) is 4.79 Å². The topological polar surface area (TPSA) is 50.8 Å². The molecule has 1 N–H and O–H groups in total. The number of rotatable bonds is 9. The first-order valence-electron chi connectivity index (χ1n) is 7.92. The van der Waals surface area contributed by atoms with Crippen molar-refractivity contribution < 1.29 is 14.3 Å². The molecule has 0 bridgehead atoms. The van der Waals surface area contributed by atoms with Gasteiger partial charge in [0.2, 0.25) is 5.91 Å². The van der Waals surface area contributed by atoms with E-state index in [0.717, 1.165) is 17.0 Å². The number of carbonyl (C=O) groups is 1. The summed E-state index contributed by atoms with van der Waals surface area (Å²) in [6.07, 6.45) is 0. The maximum absolute atomic E-state index is 12.2. The monoisotopic (exact) mass is 328 g/mol. The summed E-state index contributed by atoms with van der Waals surface area (Å²) >= 11 is 0. The van der Waals surface area contributed by atoms with Crippen LogP contribution in [0.15, 0.2) is 54.6 Å². The first kappa shape index (κ1) is 17.8. The van der Waals surface area contributed by atoms with Crippen molar-refractivity contribution in [2.75, 3.05) is 39.2 Å². The number of methoxy groups -OCH3 is 1. The van der Waals surface area contributed by atoms with Crippen molar-refractivity contribution in [2.24, 2.45) is 0 Å². The number of hydrogen-bond acceptors (Lipinski definition) is 4. The molecule has 0 atom stereocenters. The van der Waals surface area contributed by atoms with Gasteiger partial charge in [-0.25, -0.2) is 0 Å². The molecule has 0 aliphatic carbocycles. The van der Waals surface area contributed by atoms with Crippen molar-refractivity contribution in [2.45, 2.75) is 6.54 Å². The lowest BCUT2D eigenvalue weighted by Gasteiger charge is -2.18. The first-order valence-corrected chi connectivity index (χ1v) is 7.92. The van der Waals surface area contributed by atoms with Gasteiger partial charge in [0.25, 0.3) is 0 Å². The second kappa shape index (κ2) is 9.57. The van der Waals surface area contributed by atoms with E-state index in [0.29, 0.717) is 19.8 Å². The molecule has 0 radical (unpaired) electrons. The number of nitrogens with one attached hydrogen (secondary N) is 1. The molecule has 5 heteroatoms. The molecule has 0 saturated heterocycles. The van der Waals surface area contributed by atoms with E-state index in [1.54, 1.807) is 12.0 Å². The average Bonchev–Trinajstić information content (AvgIpc) is 2.62. The van der Waals surface area contributed by atoms with Crippen LogP contribution in [0.3, 0.4) is 0 Å². The van der Waals surface area contributed by atoms with Crippen LogP contribution < -0.4 is 10.1 Å². The standard InChI is InChI=1S/C19H24N2O3/c1-21(15-16-6-4-3-5-7-16)19(22)14-20-17-8-10-18(11-9-17)24-13-12-23-2/h3-11,20H,12-15H2,1-2H3. The molecule has 2 rings (SSSR count). The van der Waals surface area contributed by atoms with Crippen molar-refractivity contribution in [3.63, 3.8) is 0 Å². The minimum absolute atomic E-state index is 0.0410. The molecule has 0 saturated carbocycles. The van der Waals surface area contributed by atoms with Crippen LogP contribution in [-0.2, 0) is 16.1 Å². The summed E-state index contributed by atoms with van der Waals surface area (Å²) in [5.74, 6) is 0.824. The van der Waals surface area contributed by atoms with Crippen LogP contribution >= 0.6 is 0 Å². The van der Waals surface area contributed by atoms with E-state index in [4.69, 9.17) is 9.47 Å². The fourth-order valence-electron chi connectivity index (χ4n) is 2.17. The average molecular weight is 328 g/mol. The van der Waals surface area contributed by atoms with Crippen LogP contribution in [0, 0.1) is 0 Å². The van der Waals surface area contributed by atoms with Gasteiger partial charge in [0.05, 0.1) is 13.2 Å². The van der Waals surface area contributed by atoms with E-state index >= 15 is 0 Å². The second-order valence-electron chi connectivity index (χ2n) is 5.45. The Morgan fingerprint density at radius 3 is 2.42 bits per heavy atom. The molecule has 0 unspecified atom stereocenters. The molecule has 0 spiro atoms. The van der Waals surface area contributed by atoms with Gasteiger partial charge < -0.3 is 19.7 Å².